The van der Waals surface area contributed by atoms with Crippen molar-refractivity contribution in [2.45, 2.75) is 6.54 Å². The molecule has 2 aromatic rings. The molecule has 0 amide bonds. The van der Waals surface area contributed by atoms with E-state index in [0.29, 0.717) is 27.5 Å². The summed E-state index contributed by atoms with van der Waals surface area (Å²) in [4.78, 5) is 0. The number of halogens is 3. The Kier molecular flexibility index (Phi) is 5.26. The standard InChI is InChI=1S/C12H11BrCl2N4S/c1-16-12(20)17-11-9(13)6-19(18-11)5-7-2-3-8(14)4-10(7)15/h2-4,6H,5H2,1H3,(H2,16,17,18,20). The van der Waals surface area contributed by atoms with Crippen LogP contribution in [0.3, 0.4) is 0 Å². The molecule has 0 unspecified atom stereocenters. The molecule has 1 aromatic heterocycles. The van der Waals surface area contributed by atoms with Gasteiger partial charge in [0.2, 0.25) is 0 Å². The average molecular weight is 394 g/mol. The van der Waals surface area contributed by atoms with Crippen molar-refractivity contribution in [3.8, 4) is 0 Å². The summed E-state index contributed by atoms with van der Waals surface area (Å²) in [5.74, 6) is 0.648. The van der Waals surface area contributed by atoms with E-state index in [9.17, 15) is 0 Å². The minimum atomic E-state index is 0.500. The van der Waals surface area contributed by atoms with E-state index >= 15 is 0 Å². The van der Waals surface area contributed by atoms with Gasteiger partial charge >= 0.3 is 0 Å². The van der Waals surface area contributed by atoms with Crippen LogP contribution in [0, 0.1) is 0 Å². The Labute approximate surface area is 140 Å². The molecule has 1 aromatic carbocycles. The molecule has 0 aliphatic heterocycles. The lowest BCUT2D eigenvalue weighted by molar-refractivity contribution is 0.689. The molecule has 0 aliphatic rings. The van der Waals surface area contributed by atoms with Crippen molar-refractivity contribution < 1.29 is 0 Å². The van der Waals surface area contributed by atoms with E-state index in [-0.39, 0.29) is 0 Å². The smallest absolute Gasteiger partial charge is 0.171 e. The summed E-state index contributed by atoms with van der Waals surface area (Å²) in [5, 5.41) is 11.9. The molecule has 0 bridgehead atoms. The van der Waals surface area contributed by atoms with Crippen LogP contribution in [0.5, 0.6) is 0 Å². The van der Waals surface area contributed by atoms with Crippen molar-refractivity contribution in [3.05, 3.63) is 44.5 Å². The lowest BCUT2D eigenvalue weighted by atomic mass is 10.2. The number of nitrogens with zero attached hydrogens (tertiary/aromatic N) is 2. The van der Waals surface area contributed by atoms with Gasteiger partial charge in [-0.1, -0.05) is 29.3 Å². The predicted octanol–water partition coefficient (Wildman–Crippen LogP) is 3.92. The summed E-state index contributed by atoms with van der Waals surface area (Å²) in [6, 6.07) is 5.40. The average Bonchev–Trinajstić information content (AvgIpc) is 2.73. The minimum absolute atomic E-state index is 0.500. The topological polar surface area (TPSA) is 41.9 Å². The van der Waals surface area contributed by atoms with Crippen molar-refractivity contribution in [1.29, 1.82) is 0 Å². The quantitative estimate of drug-likeness (QED) is 0.775. The summed E-state index contributed by atoms with van der Waals surface area (Å²) in [6.07, 6.45) is 1.85. The van der Waals surface area contributed by atoms with E-state index in [2.05, 4.69) is 31.7 Å². The second-order valence-electron chi connectivity index (χ2n) is 3.96. The number of hydrogen-bond acceptors (Lipinski definition) is 2. The fraction of sp³-hybridized carbons (Fsp3) is 0.167. The molecule has 4 nitrogen and oxygen atoms in total. The van der Waals surface area contributed by atoms with Crippen molar-refractivity contribution >= 4 is 62.3 Å². The van der Waals surface area contributed by atoms with E-state index in [1.165, 1.54) is 0 Å². The molecule has 0 radical (unpaired) electrons. The zero-order chi connectivity index (χ0) is 14.7. The van der Waals surface area contributed by atoms with Crippen molar-refractivity contribution in [2.24, 2.45) is 0 Å². The van der Waals surface area contributed by atoms with Gasteiger partial charge < -0.3 is 10.6 Å². The Hall–Kier alpha value is -0.820. The Balaban J connectivity index is 2.18. The lowest BCUT2D eigenvalue weighted by Gasteiger charge is -2.05. The Morgan fingerprint density at radius 1 is 1.45 bits per heavy atom. The largest absolute Gasteiger partial charge is 0.365 e. The van der Waals surface area contributed by atoms with Gasteiger partial charge in [0.05, 0.1) is 11.0 Å². The van der Waals surface area contributed by atoms with Crippen LogP contribution < -0.4 is 10.6 Å². The third-order valence-corrected chi connectivity index (χ3v) is 4.00. The molecule has 1 heterocycles. The molecule has 106 valence electrons. The van der Waals surface area contributed by atoms with E-state index in [1.807, 2.05) is 12.3 Å². The highest BCUT2D eigenvalue weighted by Crippen LogP contribution is 2.24. The maximum absolute atomic E-state index is 6.15. The number of hydrogen-bond donors (Lipinski definition) is 2. The first-order valence-corrected chi connectivity index (χ1v) is 7.61. The molecule has 0 atom stereocenters. The number of nitrogens with one attached hydrogen (secondary N) is 2. The molecule has 0 saturated carbocycles. The molecule has 0 aliphatic carbocycles. The first-order valence-electron chi connectivity index (χ1n) is 5.65. The van der Waals surface area contributed by atoms with Gasteiger partial charge in [0.1, 0.15) is 0 Å². The number of thiocarbonyl (C=S) groups is 1. The highest BCUT2D eigenvalue weighted by Gasteiger charge is 2.09. The maximum atomic E-state index is 6.15. The van der Waals surface area contributed by atoms with Crippen molar-refractivity contribution in [2.75, 3.05) is 12.4 Å². The van der Waals surface area contributed by atoms with Crippen LogP contribution in [0.4, 0.5) is 5.82 Å². The summed E-state index contributed by atoms with van der Waals surface area (Å²) in [6.45, 7) is 0.544. The number of aromatic nitrogens is 2. The molecular weight excluding hydrogens is 383 g/mol. The van der Waals surface area contributed by atoms with E-state index in [1.54, 1.807) is 23.9 Å². The Bertz CT molecular complexity index is 644. The Morgan fingerprint density at radius 3 is 2.85 bits per heavy atom. The van der Waals surface area contributed by atoms with Gasteiger partial charge in [0, 0.05) is 23.3 Å². The van der Waals surface area contributed by atoms with Gasteiger partial charge in [-0.2, -0.15) is 5.10 Å². The molecule has 2 rings (SSSR count). The van der Waals surface area contributed by atoms with Gasteiger partial charge in [-0.25, -0.2) is 0 Å². The van der Waals surface area contributed by atoms with E-state index in [4.69, 9.17) is 35.4 Å². The Morgan fingerprint density at radius 2 is 2.20 bits per heavy atom. The zero-order valence-corrected chi connectivity index (χ0v) is 14.4. The van der Waals surface area contributed by atoms with Gasteiger partial charge in [0.25, 0.3) is 0 Å². The van der Waals surface area contributed by atoms with Crippen LogP contribution in [0.1, 0.15) is 5.56 Å². The third-order valence-electron chi connectivity index (χ3n) is 2.52. The summed E-state index contributed by atoms with van der Waals surface area (Å²) < 4.78 is 2.58. The fourth-order valence-corrected chi connectivity index (χ4v) is 2.54. The fourth-order valence-electron chi connectivity index (χ4n) is 1.56. The van der Waals surface area contributed by atoms with Gasteiger partial charge in [-0.3, -0.25) is 4.68 Å². The highest BCUT2D eigenvalue weighted by atomic mass is 79.9. The number of anilines is 1. The molecule has 0 fully saturated rings. The molecule has 0 spiro atoms. The first kappa shape index (κ1) is 15.6. The van der Waals surface area contributed by atoms with Crippen LogP contribution in [0.2, 0.25) is 10.0 Å². The summed E-state index contributed by atoms with van der Waals surface area (Å²) in [7, 11) is 1.74. The minimum Gasteiger partial charge on any atom is -0.365 e. The number of benzene rings is 1. The maximum Gasteiger partial charge on any atom is 0.171 e. The predicted molar refractivity (Wildman–Crippen MR) is 90.8 cm³/mol. The highest BCUT2D eigenvalue weighted by molar-refractivity contribution is 9.10. The first-order chi connectivity index (χ1) is 9.49. The molecule has 0 saturated heterocycles. The molecule has 20 heavy (non-hydrogen) atoms. The third kappa shape index (κ3) is 3.85. The molecule has 2 N–H and O–H groups in total. The van der Waals surface area contributed by atoms with Gasteiger partial charge in [-0.15, -0.1) is 0 Å². The van der Waals surface area contributed by atoms with Crippen LogP contribution in [0.25, 0.3) is 0 Å². The monoisotopic (exact) mass is 392 g/mol. The summed E-state index contributed by atoms with van der Waals surface area (Å²) >= 11 is 20.5. The second kappa shape index (κ2) is 6.76. The molecule has 8 heteroatoms. The lowest BCUT2D eigenvalue weighted by Crippen LogP contribution is -2.24. The normalized spacial score (nSPS) is 10.4. The SMILES string of the molecule is CNC(=S)Nc1nn(Cc2ccc(Cl)cc2Cl)cc1Br. The number of rotatable bonds is 3. The second-order valence-corrected chi connectivity index (χ2v) is 6.07. The van der Waals surface area contributed by atoms with Crippen LogP contribution in [0.15, 0.2) is 28.9 Å². The van der Waals surface area contributed by atoms with Crippen molar-refractivity contribution in [3.63, 3.8) is 0 Å². The summed E-state index contributed by atoms with van der Waals surface area (Å²) in [5.41, 5.74) is 0.939. The zero-order valence-electron chi connectivity index (χ0n) is 10.5. The van der Waals surface area contributed by atoms with Crippen LogP contribution in [-0.4, -0.2) is 21.9 Å². The molecular formula is C12H11BrCl2N4S. The van der Waals surface area contributed by atoms with Gasteiger partial charge in [0.15, 0.2) is 10.9 Å². The van der Waals surface area contributed by atoms with E-state index in [0.717, 1.165) is 10.0 Å². The van der Waals surface area contributed by atoms with Crippen LogP contribution >= 0.6 is 51.3 Å². The van der Waals surface area contributed by atoms with Crippen LogP contribution in [-0.2, 0) is 6.54 Å². The van der Waals surface area contributed by atoms with Crippen molar-refractivity contribution in [1.82, 2.24) is 15.1 Å². The van der Waals surface area contributed by atoms with E-state index < -0.39 is 0 Å². The van der Waals surface area contributed by atoms with Gasteiger partial charge in [-0.05, 0) is 45.8 Å².